The van der Waals surface area contributed by atoms with Crippen LogP contribution in [0.4, 0.5) is 0 Å². The van der Waals surface area contributed by atoms with Crippen molar-refractivity contribution in [1.29, 1.82) is 0 Å². The lowest BCUT2D eigenvalue weighted by Gasteiger charge is -2.22. The Hall–Kier alpha value is -1.06. The molecule has 0 radical (unpaired) electrons. The second kappa shape index (κ2) is 6.37. The normalized spacial score (nSPS) is 13.2. The molecule has 1 unspecified atom stereocenters. The standard InChI is InChI=1S/C17H20Cl2N2/c1-17(2,3)13-7-4-11(5-8-13)16(21-20)12-6-9-14(18)15(19)10-12/h4-10,16,21H,20H2,1-3H3. The fraction of sp³-hybridized carbons (Fsp3) is 0.294. The van der Waals surface area contributed by atoms with E-state index in [9.17, 15) is 0 Å². The zero-order valence-electron chi connectivity index (χ0n) is 12.5. The summed E-state index contributed by atoms with van der Waals surface area (Å²) in [6.45, 7) is 6.58. The van der Waals surface area contributed by atoms with Gasteiger partial charge in [-0.15, -0.1) is 0 Å². The first-order chi connectivity index (χ1) is 9.82. The van der Waals surface area contributed by atoms with Crippen LogP contribution < -0.4 is 11.3 Å². The predicted molar refractivity (Wildman–Crippen MR) is 90.8 cm³/mol. The van der Waals surface area contributed by atoms with Crippen molar-refractivity contribution in [3.05, 3.63) is 69.2 Å². The predicted octanol–water partition coefficient (Wildman–Crippen LogP) is 4.84. The summed E-state index contributed by atoms with van der Waals surface area (Å²) in [5.74, 6) is 5.72. The summed E-state index contributed by atoms with van der Waals surface area (Å²) in [5.41, 5.74) is 6.33. The van der Waals surface area contributed by atoms with Crippen molar-refractivity contribution < 1.29 is 0 Å². The smallest absolute Gasteiger partial charge is 0.0710 e. The van der Waals surface area contributed by atoms with E-state index in [-0.39, 0.29) is 11.5 Å². The average molecular weight is 323 g/mol. The molecule has 0 bridgehead atoms. The third-order valence-corrected chi connectivity index (χ3v) is 4.29. The third kappa shape index (κ3) is 3.78. The van der Waals surface area contributed by atoms with Gasteiger partial charge in [-0.25, -0.2) is 5.43 Å². The molecule has 0 aliphatic heterocycles. The molecule has 0 aliphatic rings. The first-order valence-electron chi connectivity index (χ1n) is 6.84. The Kier molecular flexibility index (Phi) is 4.95. The summed E-state index contributed by atoms with van der Waals surface area (Å²) >= 11 is 12.0. The summed E-state index contributed by atoms with van der Waals surface area (Å²) in [7, 11) is 0. The van der Waals surface area contributed by atoms with E-state index in [1.54, 1.807) is 6.07 Å². The Morgan fingerprint density at radius 1 is 0.905 bits per heavy atom. The van der Waals surface area contributed by atoms with Gasteiger partial charge < -0.3 is 0 Å². The largest absolute Gasteiger partial charge is 0.271 e. The Bertz CT molecular complexity index is 616. The Morgan fingerprint density at radius 3 is 1.95 bits per heavy atom. The van der Waals surface area contributed by atoms with Crippen LogP contribution in [-0.2, 0) is 5.41 Å². The molecule has 2 rings (SSSR count). The molecule has 1 atom stereocenters. The van der Waals surface area contributed by atoms with Crippen LogP contribution in [-0.4, -0.2) is 0 Å². The molecule has 0 heterocycles. The van der Waals surface area contributed by atoms with Gasteiger partial charge in [0.2, 0.25) is 0 Å². The maximum Gasteiger partial charge on any atom is 0.0710 e. The van der Waals surface area contributed by atoms with Gasteiger partial charge in [-0.1, -0.05) is 74.3 Å². The second-order valence-corrected chi connectivity index (χ2v) is 6.96. The highest BCUT2D eigenvalue weighted by molar-refractivity contribution is 6.42. The van der Waals surface area contributed by atoms with Gasteiger partial charge in [0.05, 0.1) is 16.1 Å². The van der Waals surface area contributed by atoms with Gasteiger partial charge in [0.1, 0.15) is 0 Å². The van der Waals surface area contributed by atoms with Crippen LogP contribution in [0.3, 0.4) is 0 Å². The Labute approximate surface area is 136 Å². The lowest BCUT2D eigenvalue weighted by Crippen LogP contribution is -2.29. The molecular formula is C17H20Cl2N2. The Morgan fingerprint density at radius 2 is 1.48 bits per heavy atom. The molecule has 0 saturated heterocycles. The van der Waals surface area contributed by atoms with Crippen LogP contribution in [0.25, 0.3) is 0 Å². The lowest BCUT2D eigenvalue weighted by atomic mass is 9.86. The minimum atomic E-state index is -0.117. The molecule has 4 heteroatoms. The number of nitrogens with one attached hydrogen (secondary N) is 1. The summed E-state index contributed by atoms with van der Waals surface area (Å²) in [5, 5.41) is 1.07. The SMILES string of the molecule is CC(C)(C)c1ccc(C(NN)c2ccc(Cl)c(Cl)c2)cc1. The lowest BCUT2D eigenvalue weighted by molar-refractivity contribution is 0.588. The van der Waals surface area contributed by atoms with Crippen molar-refractivity contribution in [3.8, 4) is 0 Å². The minimum Gasteiger partial charge on any atom is -0.271 e. The number of rotatable bonds is 3. The topological polar surface area (TPSA) is 38.0 Å². The molecule has 21 heavy (non-hydrogen) atoms. The molecule has 0 fully saturated rings. The maximum atomic E-state index is 6.09. The zero-order chi connectivity index (χ0) is 15.6. The molecule has 0 aromatic heterocycles. The van der Waals surface area contributed by atoms with Crippen molar-refractivity contribution in [3.63, 3.8) is 0 Å². The van der Waals surface area contributed by atoms with E-state index >= 15 is 0 Å². The van der Waals surface area contributed by atoms with Crippen LogP contribution in [0.1, 0.15) is 43.5 Å². The Balaban J connectivity index is 2.35. The second-order valence-electron chi connectivity index (χ2n) is 6.15. The molecule has 112 valence electrons. The number of hydrazine groups is 1. The average Bonchev–Trinajstić information content (AvgIpc) is 2.43. The summed E-state index contributed by atoms with van der Waals surface area (Å²) in [6, 6.07) is 13.9. The number of hydrogen-bond acceptors (Lipinski definition) is 2. The van der Waals surface area contributed by atoms with Gasteiger partial charge in [-0.3, -0.25) is 5.84 Å². The van der Waals surface area contributed by atoms with Crippen molar-refractivity contribution in [1.82, 2.24) is 5.43 Å². The van der Waals surface area contributed by atoms with Crippen LogP contribution in [0.15, 0.2) is 42.5 Å². The monoisotopic (exact) mass is 322 g/mol. The molecular weight excluding hydrogens is 303 g/mol. The summed E-state index contributed by atoms with van der Waals surface area (Å²) < 4.78 is 0. The van der Waals surface area contributed by atoms with Crippen LogP contribution in [0.2, 0.25) is 10.0 Å². The van der Waals surface area contributed by atoms with Crippen LogP contribution >= 0.6 is 23.2 Å². The quantitative estimate of drug-likeness (QED) is 0.626. The zero-order valence-corrected chi connectivity index (χ0v) is 14.0. The maximum absolute atomic E-state index is 6.09. The van der Waals surface area contributed by atoms with Crippen molar-refractivity contribution in [2.45, 2.75) is 32.2 Å². The first-order valence-corrected chi connectivity index (χ1v) is 7.60. The van der Waals surface area contributed by atoms with Crippen molar-refractivity contribution >= 4 is 23.2 Å². The third-order valence-electron chi connectivity index (χ3n) is 3.55. The number of benzene rings is 2. The highest BCUT2D eigenvalue weighted by Gasteiger charge is 2.17. The van der Waals surface area contributed by atoms with Gasteiger partial charge in [0.15, 0.2) is 0 Å². The molecule has 3 N–H and O–H groups in total. The molecule has 0 saturated carbocycles. The van der Waals surface area contributed by atoms with E-state index in [4.69, 9.17) is 29.0 Å². The van der Waals surface area contributed by atoms with E-state index in [1.807, 2.05) is 12.1 Å². The summed E-state index contributed by atoms with van der Waals surface area (Å²) in [6.07, 6.45) is 0. The number of halogens is 2. The van der Waals surface area contributed by atoms with Gasteiger partial charge in [-0.2, -0.15) is 0 Å². The van der Waals surface area contributed by atoms with Gasteiger partial charge in [0, 0.05) is 0 Å². The summed E-state index contributed by atoms with van der Waals surface area (Å²) in [4.78, 5) is 0. The van der Waals surface area contributed by atoms with E-state index in [0.29, 0.717) is 10.0 Å². The number of hydrogen-bond donors (Lipinski definition) is 2. The fourth-order valence-corrected chi connectivity index (χ4v) is 2.56. The van der Waals surface area contributed by atoms with Crippen molar-refractivity contribution in [2.75, 3.05) is 0 Å². The van der Waals surface area contributed by atoms with Gasteiger partial charge in [-0.05, 0) is 34.2 Å². The minimum absolute atomic E-state index is 0.117. The van der Waals surface area contributed by atoms with Crippen molar-refractivity contribution in [2.24, 2.45) is 5.84 Å². The van der Waals surface area contributed by atoms with Gasteiger partial charge >= 0.3 is 0 Å². The molecule has 0 amide bonds. The molecule has 0 aliphatic carbocycles. The van der Waals surface area contributed by atoms with E-state index in [2.05, 4.69) is 50.5 Å². The highest BCUT2D eigenvalue weighted by Crippen LogP contribution is 2.30. The van der Waals surface area contributed by atoms with Crippen LogP contribution in [0.5, 0.6) is 0 Å². The highest BCUT2D eigenvalue weighted by atomic mass is 35.5. The van der Waals surface area contributed by atoms with Crippen LogP contribution in [0, 0.1) is 0 Å². The molecule has 2 aromatic carbocycles. The van der Waals surface area contributed by atoms with Gasteiger partial charge in [0.25, 0.3) is 0 Å². The molecule has 2 nitrogen and oxygen atoms in total. The van der Waals surface area contributed by atoms with E-state index in [1.165, 1.54) is 5.56 Å². The fourth-order valence-electron chi connectivity index (χ4n) is 2.25. The van der Waals surface area contributed by atoms with E-state index in [0.717, 1.165) is 11.1 Å². The molecule has 2 aromatic rings. The van der Waals surface area contributed by atoms with E-state index < -0.39 is 0 Å². The number of nitrogens with two attached hydrogens (primary N) is 1. The first kappa shape index (κ1) is 16.3. The molecule has 0 spiro atoms.